The van der Waals surface area contributed by atoms with Crippen LogP contribution < -0.4 is 5.32 Å². The molecule has 0 aliphatic carbocycles. The third kappa shape index (κ3) is 2.14. The minimum Gasteiger partial charge on any atom is -0.351 e. The van der Waals surface area contributed by atoms with Crippen molar-refractivity contribution in [2.45, 2.75) is 0 Å². The zero-order chi connectivity index (χ0) is 12.5. The molecule has 1 N–H and O–H groups in total. The highest BCUT2D eigenvalue weighted by Crippen LogP contribution is 2.28. The van der Waals surface area contributed by atoms with Crippen molar-refractivity contribution in [1.82, 2.24) is 10.1 Å². The van der Waals surface area contributed by atoms with E-state index in [1.165, 1.54) is 23.6 Å². The van der Waals surface area contributed by atoms with Crippen LogP contribution in [0, 0.1) is 0 Å². The van der Waals surface area contributed by atoms with E-state index < -0.39 is 0 Å². The Balaban J connectivity index is 1.89. The molecule has 0 unspecified atom stereocenters. The monoisotopic (exact) mass is 323 g/mol. The summed E-state index contributed by atoms with van der Waals surface area (Å²) in [6, 6.07) is 7.25. The summed E-state index contributed by atoms with van der Waals surface area (Å²) in [5.74, 6) is -0.193. The number of fused-ring (bicyclic) bond motifs is 1. The third-order valence-corrected chi connectivity index (χ3v) is 3.66. The summed E-state index contributed by atoms with van der Waals surface area (Å²) in [4.78, 5) is 16.0. The molecule has 2 aromatic heterocycles. The minimum atomic E-state index is -0.356. The lowest BCUT2D eigenvalue weighted by Crippen LogP contribution is -2.10. The Morgan fingerprint density at radius 3 is 3.06 bits per heavy atom. The molecule has 0 bridgehead atoms. The second-order valence-electron chi connectivity index (χ2n) is 3.46. The Morgan fingerprint density at radius 2 is 2.28 bits per heavy atom. The lowest BCUT2D eigenvalue weighted by atomic mass is 10.3. The maximum atomic E-state index is 11.7. The van der Waals surface area contributed by atoms with E-state index in [2.05, 4.69) is 31.4 Å². The van der Waals surface area contributed by atoms with Gasteiger partial charge in [-0.1, -0.05) is 32.4 Å². The Kier molecular flexibility index (Phi) is 2.85. The van der Waals surface area contributed by atoms with Crippen molar-refractivity contribution in [3.8, 4) is 0 Å². The number of hydrogen-bond acceptors (Lipinski definition) is 5. The van der Waals surface area contributed by atoms with Crippen molar-refractivity contribution in [3.05, 3.63) is 40.7 Å². The van der Waals surface area contributed by atoms with Crippen molar-refractivity contribution in [2.75, 3.05) is 5.32 Å². The van der Waals surface area contributed by atoms with Crippen molar-refractivity contribution in [1.29, 1.82) is 0 Å². The average molecular weight is 324 g/mol. The molecule has 2 heterocycles. The molecule has 3 aromatic rings. The molecule has 7 heteroatoms. The van der Waals surface area contributed by atoms with Gasteiger partial charge >= 0.3 is 0 Å². The number of hydrogen-bond donors (Lipinski definition) is 1. The Morgan fingerprint density at radius 1 is 1.39 bits per heavy atom. The summed E-state index contributed by atoms with van der Waals surface area (Å²) in [6.45, 7) is 0. The van der Waals surface area contributed by atoms with E-state index in [-0.39, 0.29) is 11.7 Å². The molecular formula is C11H6BrN3O2S. The quantitative estimate of drug-likeness (QED) is 0.785. The molecule has 18 heavy (non-hydrogen) atoms. The number of thiazole rings is 1. The summed E-state index contributed by atoms with van der Waals surface area (Å²) < 4.78 is 6.74. The van der Waals surface area contributed by atoms with Gasteiger partial charge in [0.15, 0.2) is 5.13 Å². The number of aromatic nitrogens is 2. The van der Waals surface area contributed by atoms with E-state index in [9.17, 15) is 4.79 Å². The standard InChI is InChI=1S/C11H6BrN3O2S/c12-6-1-2-7-9(5-6)18-11(14-7)15-10(16)8-3-4-13-17-8/h1-5H,(H,14,15,16). The first-order valence-electron chi connectivity index (χ1n) is 5.00. The fraction of sp³-hybridized carbons (Fsp3) is 0. The van der Waals surface area contributed by atoms with Crippen LogP contribution in [-0.2, 0) is 0 Å². The number of amides is 1. The van der Waals surface area contributed by atoms with Gasteiger partial charge in [-0.25, -0.2) is 4.98 Å². The zero-order valence-electron chi connectivity index (χ0n) is 8.88. The van der Waals surface area contributed by atoms with Crippen LogP contribution in [0.1, 0.15) is 10.6 Å². The number of rotatable bonds is 2. The number of carbonyl (C=O) groups is 1. The first kappa shape index (κ1) is 11.4. The Labute approximate surface area is 114 Å². The fourth-order valence-electron chi connectivity index (χ4n) is 1.44. The number of nitrogens with zero attached hydrogens (tertiary/aromatic N) is 2. The van der Waals surface area contributed by atoms with Gasteiger partial charge in [0.25, 0.3) is 5.91 Å². The lowest BCUT2D eigenvalue weighted by molar-refractivity contribution is 0.0988. The molecule has 0 saturated heterocycles. The lowest BCUT2D eigenvalue weighted by Gasteiger charge is -1.95. The van der Waals surface area contributed by atoms with Crippen LogP contribution in [0.2, 0.25) is 0 Å². The second-order valence-corrected chi connectivity index (χ2v) is 5.41. The van der Waals surface area contributed by atoms with E-state index in [4.69, 9.17) is 4.52 Å². The molecule has 0 spiro atoms. The smallest absolute Gasteiger partial charge is 0.296 e. The number of carbonyl (C=O) groups excluding carboxylic acids is 1. The average Bonchev–Trinajstić information content (AvgIpc) is 2.95. The molecule has 5 nitrogen and oxygen atoms in total. The van der Waals surface area contributed by atoms with Crippen LogP contribution in [-0.4, -0.2) is 16.0 Å². The first-order valence-corrected chi connectivity index (χ1v) is 6.61. The van der Waals surface area contributed by atoms with Gasteiger partial charge in [-0.15, -0.1) is 0 Å². The molecule has 0 saturated carbocycles. The highest BCUT2D eigenvalue weighted by Gasteiger charge is 2.12. The van der Waals surface area contributed by atoms with Crippen LogP contribution in [0.25, 0.3) is 10.2 Å². The van der Waals surface area contributed by atoms with Gasteiger partial charge in [0.2, 0.25) is 5.76 Å². The van der Waals surface area contributed by atoms with E-state index in [0.29, 0.717) is 5.13 Å². The van der Waals surface area contributed by atoms with Crippen LogP contribution in [0.15, 0.2) is 39.5 Å². The second kappa shape index (κ2) is 4.51. The van der Waals surface area contributed by atoms with Crippen LogP contribution in [0.3, 0.4) is 0 Å². The van der Waals surface area contributed by atoms with Gasteiger partial charge in [-0.2, -0.15) is 0 Å². The molecule has 0 atom stereocenters. The molecule has 90 valence electrons. The topological polar surface area (TPSA) is 68.0 Å². The SMILES string of the molecule is O=C(Nc1nc2ccc(Br)cc2s1)c1ccno1. The number of anilines is 1. The molecule has 0 fully saturated rings. The summed E-state index contributed by atoms with van der Waals surface area (Å²) in [7, 11) is 0. The summed E-state index contributed by atoms with van der Waals surface area (Å²) in [6.07, 6.45) is 1.42. The van der Waals surface area contributed by atoms with Gasteiger partial charge in [-0.05, 0) is 18.2 Å². The first-order chi connectivity index (χ1) is 8.72. The Hall–Kier alpha value is -1.73. The predicted octanol–water partition coefficient (Wildman–Crippen LogP) is 3.30. The summed E-state index contributed by atoms with van der Waals surface area (Å²) in [5, 5.41) is 6.68. The highest BCUT2D eigenvalue weighted by molar-refractivity contribution is 9.10. The van der Waals surface area contributed by atoms with E-state index in [1.807, 2.05) is 18.2 Å². The van der Waals surface area contributed by atoms with Crippen molar-refractivity contribution in [2.24, 2.45) is 0 Å². The third-order valence-electron chi connectivity index (χ3n) is 2.23. The predicted molar refractivity (Wildman–Crippen MR) is 71.8 cm³/mol. The highest BCUT2D eigenvalue weighted by atomic mass is 79.9. The molecule has 3 rings (SSSR count). The van der Waals surface area contributed by atoms with Gasteiger partial charge in [-0.3, -0.25) is 10.1 Å². The van der Waals surface area contributed by atoms with Gasteiger partial charge < -0.3 is 4.52 Å². The summed E-state index contributed by atoms with van der Waals surface area (Å²) in [5.41, 5.74) is 0.844. The molecule has 0 aliphatic rings. The molecule has 1 amide bonds. The maximum Gasteiger partial charge on any atom is 0.296 e. The number of benzene rings is 1. The van der Waals surface area contributed by atoms with Crippen LogP contribution in [0.4, 0.5) is 5.13 Å². The molecule has 0 radical (unpaired) electrons. The molecule has 0 aliphatic heterocycles. The van der Waals surface area contributed by atoms with E-state index in [0.717, 1.165) is 14.7 Å². The normalized spacial score (nSPS) is 10.7. The van der Waals surface area contributed by atoms with Gasteiger partial charge in [0.05, 0.1) is 16.4 Å². The van der Waals surface area contributed by atoms with Crippen LogP contribution >= 0.6 is 27.3 Å². The summed E-state index contributed by atoms with van der Waals surface area (Å²) >= 11 is 4.79. The van der Waals surface area contributed by atoms with Crippen molar-refractivity contribution in [3.63, 3.8) is 0 Å². The number of halogens is 1. The molecule has 1 aromatic carbocycles. The van der Waals surface area contributed by atoms with Crippen LogP contribution in [0.5, 0.6) is 0 Å². The maximum absolute atomic E-state index is 11.7. The number of nitrogens with one attached hydrogen (secondary N) is 1. The zero-order valence-corrected chi connectivity index (χ0v) is 11.3. The van der Waals surface area contributed by atoms with E-state index >= 15 is 0 Å². The van der Waals surface area contributed by atoms with Crippen molar-refractivity contribution >= 4 is 48.5 Å². The van der Waals surface area contributed by atoms with Crippen molar-refractivity contribution < 1.29 is 9.32 Å². The Bertz CT molecular complexity index is 708. The largest absolute Gasteiger partial charge is 0.351 e. The minimum absolute atomic E-state index is 0.162. The van der Waals surface area contributed by atoms with Gasteiger partial charge in [0, 0.05) is 10.5 Å². The van der Waals surface area contributed by atoms with E-state index in [1.54, 1.807) is 0 Å². The molecular weight excluding hydrogens is 318 g/mol. The van der Waals surface area contributed by atoms with Gasteiger partial charge in [0.1, 0.15) is 0 Å². The fourth-order valence-corrected chi connectivity index (χ4v) is 2.86.